The predicted octanol–water partition coefficient (Wildman–Crippen LogP) is -0.128. The van der Waals surface area contributed by atoms with E-state index in [0.717, 1.165) is 5.56 Å². The highest BCUT2D eigenvalue weighted by Crippen LogP contribution is 2.19. The highest BCUT2D eigenvalue weighted by Gasteiger charge is 2.08. The molecule has 0 unspecified atom stereocenters. The van der Waals surface area contributed by atoms with E-state index in [9.17, 15) is 0 Å². The van der Waals surface area contributed by atoms with Crippen LogP contribution in [0.1, 0.15) is 11.1 Å². The van der Waals surface area contributed by atoms with Crippen LogP contribution >= 0.6 is 0 Å². The number of methoxy groups -OCH3 is 1. The fraction of sp³-hybridized carbons (Fsp3) is 0.364. The van der Waals surface area contributed by atoms with Crippen LogP contribution in [0, 0.1) is 0 Å². The minimum absolute atomic E-state index is 0.00542. The molecule has 0 atom stereocenters. The number of oxime groups is 1. The summed E-state index contributed by atoms with van der Waals surface area (Å²) >= 11 is 0. The van der Waals surface area contributed by atoms with Crippen LogP contribution in [0.4, 0.5) is 0 Å². The molecule has 6 heteroatoms. The highest BCUT2D eigenvalue weighted by molar-refractivity contribution is 5.99. The minimum atomic E-state index is 0.00542. The standard InChI is InChI=1S/C11H17N3O3/c1-17-10-3-2-8(7-13-4-5-15)6-9(10)11(12)14-16/h2-3,6,13,15-16H,4-5,7H2,1H3,(H2,12,14). The summed E-state index contributed by atoms with van der Waals surface area (Å²) in [6.07, 6.45) is 0. The number of ether oxygens (including phenoxy) is 1. The molecule has 1 aromatic rings. The summed E-state index contributed by atoms with van der Waals surface area (Å²) in [5.74, 6) is 0.553. The Bertz CT molecular complexity index is 394. The molecule has 5 N–H and O–H groups in total. The van der Waals surface area contributed by atoms with Crippen molar-refractivity contribution >= 4 is 5.84 Å². The molecule has 94 valence electrons. The Morgan fingerprint density at radius 1 is 1.53 bits per heavy atom. The monoisotopic (exact) mass is 239 g/mol. The second-order valence-electron chi connectivity index (χ2n) is 3.42. The van der Waals surface area contributed by atoms with E-state index < -0.39 is 0 Å². The molecule has 0 saturated heterocycles. The van der Waals surface area contributed by atoms with E-state index in [0.29, 0.717) is 24.4 Å². The third-order valence-corrected chi connectivity index (χ3v) is 2.27. The number of amidine groups is 1. The van der Waals surface area contributed by atoms with E-state index >= 15 is 0 Å². The number of aliphatic hydroxyl groups excluding tert-OH is 1. The van der Waals surface area contributed by atoms with Crippen molar-refractivity contribution in [3.8, 4) is 5.75 Å². The van der Waals surface area contributed by atoms with Crippen LogP contribution in [-0.2, 0) is 6.54 Å². The number of benzene rings is 1. The van der Waals surface area contributed by atoms with Gasteiger partial charge in [0.05, 0.1) is 19.3 Å². The van der Waals surface area contributed by atoms with Gasteiger partial charge in [0.25, 0.3) is 0 Å². The number of nitrogens with two attached hydrogens (primary N) is 1. The van der Waals surface area contributed by atoms with Gasteiger partial charge in [-0.05, 0) is 17.7 Å². The average Bonchev–Trinajstić information content (AvgIpc) is 2.38. The number of hydrogen-bond acceptors (Lipinski definition) is 5. The van der Waals surface area contributed by atoms with E-state index in [-0.39, 0.29) is 12.4 Å². The highest BCUT2D eigenvalue weighted by atomic mass is 16.5. The zero-order valence-corrected chi connectivity index (χ0v) is 9.68. The normalized spacial score (nSPS) is 11.5. The summed E-state index contributed by atoms with van der Waals surface area (Å²) in [7, 11) is 1.52. The SMILES string of the molecule is COc1ccc(CNCCO)cc1C(N)=NO. The zero-order valence-electron chi connectivity index (χ0n) is 9.68. The van der Waals surface area contributed by atoms with E-state index in [1.165, 1.54) is 7.11 Å². The van der Waals surface area contributed by atoms with Crippen molar-refractivity contribution in [3.05, 3.63) is 29.3 Å². The van der Waals surface area contributed by atoms with Gasteiger partial charge in [0, 0.05) is 13.1 Å². The van der Waals surface area contributed by atoms with Gasteiger partial charge in [-0.15, -0.1) is 0 Å². The van der Waals surface area contributed by atoms with Gasteiger partial charge >= 0.3 is 0 Å². The average molecular weight is 239 g/mol. The fourth-order valence-corrected chi connectivity index (χ4v) is 1.43. The van der Waals surface area contributed by atoms with Crippen molar-refractivity contribution in [3.63, 3.8) is 0 Å². The van der Waals surface area contributed by atoms with Crippen LogP contribution < -0.4 is 15.8 Å². The van der Waals surface area contributed by atoms with Gasteiger partial charge in [0.2, 0.25) is 0 Å². The van der Waals surface area contributed by atoms with E-state index in [4.69, 9.17) is 20.8 Å². The molecular formula is C11H17N3O3. The van der Waals surface area contributed by atoms with Crippen LogP contribution in [0.15, 0.2) is 23.4 Å². The first-order valence-electron chi connectivity index (χ1n) is 5.19. The summed E-state index contributed by atoms with van der Waals surface area (Å²) in [5.41, 5.74) is 7.05. The number of hydrogen-bond donors (Lipinski definition) is 4. The molecule has 0 aliphatic carbocycles. The third-order valence-electron chi connectivity index (χ3n) is 2.27. The minimum Gasteiger partial charge on any atom is -0.496 e. The molecule has 6 nitrogen and oxygen atoms in total. The Morgan fingerprint density at radius 3 is 2.88 bits per heavy atom. The Balaban J connectivity index is 2.89. The molecule has 0 spiro atoms. The molecule has 0 aromatic heterocycles. The van der Waals surface area contributed by atoms with Crippen molar-refractivity contribution in [1.29, 1.82) is 0 Å². The van der Waals surface area contributed by atoms with E-state index in [1.54, 1.807) is 12.1 Å². The number of aliphatic hydroxyl groups is 1. The Hall–Kier alpha value is -1.79. The summed E-state index contributed by atoms with van der Waals surface area (Å²) < 4.78 is 5.12. The zero-order chi connectivity index (χ0) is 12.7. The fourth-order valence-electron chi connectivity index (χ4n) is 1.43. The Kier molecular flexibility index (Phi) is 5.25. The molecule has 0 bridgehead atoms. The topological polar surface area (TPSA) is 100 Å². The molecule has 0 saturated carbocycles. The number of nitrogens with one attached hydrogen (secondary N) is 1. The van der Waals surface area contributed by atoms with Gasteiger partial charge in [-0.1, -0.05) is 11.2 Å². The quantitative estimate of drug-likeness (QED) is 0.182. The first-order valence-corrected chi connectivity index (χ1v) is 5.19. The smallest absolute Gasteiger partial charge is 0.173 e. The number of nitrogens with zero attached hydrogens (tertiary/aromatic N) is 1. The molecule has 0 radical (unpaired) electrons. The van der Waals surface area contributed by atoms with E-state index in [1.807, 2.05) is 6.07 Å². The van der Waals surface area contributed by atoms with Gasteiger partial charge in [0.1, 0.15) is 5.75 Å². The molecule has 0 amide bonds. The molecule has 1 aromatic carbocycles. The summed E-state index contributed by atoms with van der Waals surface area (Å²) in [5, 5.41) is 23.3. The lowest BCUT2D eigenvalue weighted by molar-refractivity contribution is 0.292. The van der Waals surface area contributed by atoms with Crippen LogP contribution in [0.25, 0.3) is 0 Å². The first-order chi connectivity index (χ1) is 8.22. The lowest BCUT2D eigenvalue weighted by Crippen LogP contribution is -2.19. The molecule has 0 aliphatic heterocycles. The lowest BCUT2D eigenvalue weighted by Gasteiger charge is -2.10. The Morgan fingerprint density at radius 2 is 2.29 bits per heavy atom. The van der Waals surface area contributed by atoms with Crippen molar-refractivity contribution in [2.75, 3.05) is 20.3 Å². The van der Waals surface area contributed by atoms with Crippen LogP contribution in [-0.4, -0.2) is 36.4 Å². The molecular weight excluding hydrogens is 222 g/mol. The second-order valence-corrected chi connectivity index (χ2v) is 3.42. The molecule has 0 fully saturated rings. The van der Waals surface area contributed by atoms with Crippen LogP contribution in [0.3, 0.4) is 0 Å². The summed E-state index contributed by atoms with van der Waals surface area (Å²) in [6, 6.07) is 5.40. The van der Waals surface area contributed by atoms with Gasteiger partial charge in [-0.3, -0.25) is 0 Å². The second kappa shape index (κ2) is 6.72. The molecule has 17 heavy (non-hydrogen) atoms. The van der Waals surface area contributed by atoms with Crippen molar-refractivity contribution in [1.82, 2.24) is 5.32 Å². The van der Waals surface area contributed by atoms with Crippen molar-refractivity contribution < 1.29 is 15.1 Å². The third kappa shape index (κ3) is 3.61. The van der Waals surface area contributed by atoms with Crippen LogP contribution in [0.5, 0.6) is 5.75 Å². The molecule has 1 rings (SSSR count). The van der Waals surface area contributed by atoms with Gasteiger partial charge in [-0.25, -0.2) is 0 Å². The maximum absolute atomic E-state index is 8.67. The predicted molar refractivity (Wildman–Crippen MR) is 64.3 cm³/mol. The maximum Gasteiger partial charge on any atom is 0.173 e. The van der Waals surface area contributed by atoms with Crippen LogP contribution in [0.2, 0.25) is 0 Å². The van der Waals surface area contributed by atoms with Gasteiger partial charge < -0.3 is 26.1 Å². The van der Waals surface area contributed by atoms with Crippen molar-refractivity contribution in [2.24, 2.45) is 10.9 Å². The summed E-state index contributed by atoms with van der Waals surface area (Å²) in [6.45, 7) is 1.20. The molecule has 0 heterocycles. The summed E-state index contributed by atoms with van der Waals surface area (Å²) in [4.78, 5) is 0. The first kappa shape index (κ1) is 13.3. The van der Waals surface area contributed by atoms with Gasteiger partial charge in [0.15, 0.2) is 5.84 Å². The largest absolute Gasteiger partial charge is 0.496 e. The Labute approximate surface area is 99.7 Å². The van der Waals surface area contributed by atoms with Crippen molar-refractivity contribution in [2.45, 2.75) is 6.54 Å². The van der Waals surface area contributed by atoms with Gasteiger partial charge in [-0.2, -0.15) is 0 Å². The number of rotatable bonds is 6. The molecule has 0 aliphatic rings. The van der Waals surface area contributed by atoms with E-state index in [2.05, 4.69) is 10.5 Å². The lowest BCUT2D eigenvalue weighted by atomic mass is 10.1. The maximum atomic E-state index is 8.67.